The monoisotopic (exact) mass is 641 g/mol. The van der Waals surface area contributed by atoms with Crippen LogP contribution in [0.15, 0.2) is 101 Å². The molecule has 0 aliphatic rings. The predicted octanol–water partition coefficient (Wildman–Crippen LogP) is 0.818. The highest BCUT2D eigenvalue weighted by molar-refractivity contribution is 5.93. The topological polar surface area (TPSA) is 200 Å². The molecule has 244 valence electrons. The SMILES string of the molecule is Cc1cn(CC(=O)NC(Cc2ccccc2)C(=O)NC(Cc2ccccc2)C(=O)NC(Cc2ccc(O)cc2)C(=O)O)c(=O)[nH]c1=O. The maximum Gasteiger partial charge on any atom is 0.328 e. The summed E-state index contributed by atoms with van der Waals surface area (Å²) in [5.74, 6) is -3.45. The summed E-state index contributed by atoms with van der Waals surface area (Å²) < 4.78 is 1.01. The molecular weight excluding hydrogens is 606 g/mol. The number of benzene rings is 3. The van der Waals surface area contributed by atoms with Crippen LogP contribution in [0, 0.1) is 6.92 Å². The molecule has 0 fully saturated rings. The van der Waals surface area contributed by atoms with Gasteiger partial charge in [-0.1, -0.05) is 72.8 Å². The number of rotatable bonds is 14. The molecule has 3 unspecified atom stereocenters. The van der Waals surface area contributed by atoms with Gasteiger partial charge in [0.25, 0.3) is 5.56 Å². The summed E-state index contributed by atoms with van der Waals surface area (Å²) in [6.45, 7) is 0.996. The first-order valence-corrected chi connectivity index (χ1v) is 14.8. The number of aromatic nitrogens is 2. The second kappa shape index (κ2) is 15.8. The molecule has 3 aromatic carbocycles. The van der Waals surface area contributed by atoms with Crippen molar-refractivity contribution in [2.24, 2.45) is 0 Å². The van der Waals surface area contributed by atoms with Crippen molar-refractivity contribution in [2.45, 2.75) is 50.9 Å². The van der Waals surface area contributed by atoms with Gasteiger partial charge in [0, 0.05) is 31.0 Å². The number of hydrogen-bond acceptors (Lipinski definition) is 7. The lowest BCUT2D eigenvalue weighted by molar-refractivity contribution is -0.142. The van der Waals surface area contributed by atoms with Crippen LogP contribution in [0.1, 0.15) is 22.3 Å². The van der Waals surface area contributed by atoms with Crippen LogP contribution < -0.4 is 27.2 Å². The standard InChI is InChI=1S/C34H35N5O8/c1-21-19-39(34(47)38-30(21)42)20-29(41)35-26(16-22-8-4-2-5-9-22)31(43)36-27(17-23-10-6-3-7-11-23)32(44)37-28(33(45)46)18-24-12-14-25(40)15-13-24/h2-15,19,26-28,40H,16-18,20H2,1H3,(H,35,41)(H,36,43)(H,37,44)(H,45,46)(H,38,42,47). The van der Waals surface area contributed by atoms with Gasteiger partial charge >= 0.3 is 11.7 Å². The fraction of sp³-hybridized carbons (Fsp3) is 0.235. The minimum atomic E-state index is -1.35. The second-order valence-electron chi connectivity index (χ2n) is 11.0. The molecule has 47 heavy (non-hydrogen) atoms. The van der Waals surface area contributed by atoms with Crippen LogP contribution in [0.2, 0.25) is 0 Å². The maximum atomic E-state index is 13.8. The number of carboxylic acid groups (broad SMARTS) is 1. The molecule has 0 bridgehead atoms. The van der Waals surface area contributed by atoms with Gasteiger partial charge in [0.2, 0.25) is 17.7 Å². The average molecular weight is 642 g/mol. The lowest BCUT2D eigenvalue weighted by atomic mass is 10.0. The number of aryl methyl sites for hydroxylation is 1. The van der Waals surface area contributed by atoms with Gasteiger partial charge < -0.3 is 26.2 Å². The summed E-state index contributed by atoms with van der Waals surface area (Å²) in [5.41, 5.74) is 0.796. The van der Waals surface area contributed by atoms with Crippen molar-refractivity contribution in [3.8, 4) is 5.75 Å². The Labute approximate surface area is 269 Å². The van der Waals surface area contributed by atoms with E-state index in [1.54, 1.807) is 72.8 Å². The number of carboxylic acids is 1. The van der Waals surface area contributed by atoms with E-state index in [9.17, 15) is 39.0 Å². The highest BCUT2D eigenvalue weighted by atomic mass is 16.4. The molecule has 0 saturated heterocycles. The molecule has 0 radical (unpaired) electrons. The smallest absolute Gasteiger partial charge is 0.328 e. The Balaban J connectivity index is 1.56. The number of nitrogens with zero attached hydrogens (tertiary/aromatic N) is 1. The zero-order valence-corrected chi connectivity index (χ0v) is 25.5. The first-order valence-electron chi connectivity index (χ1n) is 14.8. The molecule has 0 spiro atoms. The van der Waals surface area contributed by atoms with Crippen LogP contribution in [0.5, 0.6) is 5.75 Å². The minimum absolute atomic E-state index is 0.00770. The predicted molar refractivity (Wildman–Crippen MR) is 172 cm³/mol. The van der Waals surface area contributed by atoms with Crippen molar-refractivity contribution < 1.29 is 29.4 Å². The lowest BCUT2D eigenvalue weighted by Crippen LogP contribution is -2.57. The van der Waals surface area contributed by atoms with Crippen molar-refractivity contribution in [2.75, 3.05) is 0 Å². The Hall–Kier alpha value is -5.98. The first-order chi connectivity index (χ1) is 22.5. The van der Waals surface area contributed by atoms with Gasteiger partial charge in [0.05, 0.1) is 0 Å². The molecule has 6 N–H and O–H groups in total. The summed E-state index contributed by atoms with van der Waals surface area (Å²) in [6, 6.07) is 19.8. The normalized spacial score (nSPS) is 12.7. The van der Waals surface area contributed by atoms with Gasteiger partial charge in [-0.3, -0.25) is 28.7 Å². The van der Waals surface area contributed by atoms with Crippen molar-refractivity contribution in [1.82, 2.24) is 25.5 Å². The Kier molecular flexibility index (Phi) is 11.4. The van der Waals surface area contributed by atoms with E-state index in [2.05, 4.69) is 20.9 Å². The van der Waals surface area contributed by atoms with Crippen molar-refractivity contribution in [3.05, 3.63) is 134 Å². The quantitative estimate of drug-likeness (QED) is 0.116. The van der Waals surface area contributed by atoms with Crippen molar-refractivity contribution in [1.29, 1.82) is 0 Å². The summed E-state index contributed by atoms with van der Waals surface area (Å²) in [6.07, 6.45) is 1.21. The van der Waals surface area contributed by atoms with E-state index in [4.69, 9.17) is 0 Å². The zero-order valence-electron chi connectivity index (χ0n) is 25.5. The number of aliphatic carboxylic acids is 1. The van der Waals surface area contributed by atoms with Gasteiger partial charge in [-0.2, -0.15) is 0 Å². The molecular formula is C34H35N5O8. The Morgan fingerprint density at radius 3 is 1.70 bits per heavy atom. The second-order valence-corrected chi connectivity index (χ2v) is 11.0. The number of phenols is 1. The van der Waals surface area contributed by atoms with Crippen LogP contribution in [-0.4, -0.2) is 61.6 Å². The molecule has 0 saturated carbocycles. The molecule has 1 aromatic heterocycles. The van der Waals surface area contributed by atoms with E-state index in [1.807, 2.05) is 0 Å². The van der Waals surface area contributed by atoms with Crippen molar-refractivity contribution >= 4 is 23.7 Å². The van der Waals surface area contributed by atoms with Crippen LogP contribution in [0.25, 0.3) is 0 Å². The van der Waals surface area contributed by atoms with E-state index >= 15 is 0 Å². The summed E-state index contributed by atoms with van der Waals surface area (Å²) >= 11 is 0. The lowest BCUT2D eigenvalue weighted by Gasteiger charge is -2.25. The van der Waals surface area contributed by atoms with E-state index in [-0.39, 0.29) is 30.6 Å². The fourth-order valence-electron chi connectivity index (χ4n) is 4.86. The van der Waals surface area contributed by atoms with Crippen LogP contribution >= 0.6 is 0 Å². The van der Waals surface area contributed by atoms with Crippen LogP contribution in [0.4, 0.5) is 0 Å². The molecule has 1 heterocycles. The Morgan fingerprint density at radius 1 is 0.702 bits per heavy atom. The van der Waals surface area contributed by atoms with E-state index < -0.39 is 59.6 Å². The number of aromatic amines is 1. The minimum Gasteiger partial charge on any atom is -0.508 e. The third-order valence-corrected chi connectivity index (χ3v) is 7.34. The molecule has 13 heteroatoms. The number of phenolic OH excluding ortho intramolecular Hbond substituents is 1. The highest BCUT2D eigenvalue weighted by Crippen LogP contribution is 2.12. The van der Waals surface area contributed by atoms with Crippen molar-refractivity contribution in [3.63, 3.8) is 0 Å². The molecule has 4 rings (SSSR count). The Bertz CT molecular complexity index is 1820. The number of amides is 3. The van der Waals surface area contributed by atoms with Gasteiger partial charge in [-0.15, -0.1) is 0 Å². The van der Waals surface area contributed by atoms with Gasteiger partial charge in [-0.25, -0.2) is 9.59 Å². The summed E-state index contributed by atoms with van der Waals surface area (Å²) in [7, 11) is 0. The number of H-pyrrole nitrogens is 1. The van der Waals surface area contributed by atoms with Crippen LogP contribution in [-0.2, 0) is 45.0 Å². The fourth-order valence-corrected chi connectivity index (χ4v) is 4.86. The summed E-state index contributed by atoms with van der Waals surface area (Å²) in [4.78, 5) is 78.7. The molecule has 0 aliphatic carbocycles. The van der Waals surface area contributed by atoms with E-state index in [0.717, 1.165) is 4.57 Å². The average Bonchev–Trinajstić information content (AvgIpc) is 3.04. The molecule has 3 atom stereocenters. The summed E-state index contributed by atoms with van der Waals surface area (Å²) in [5, 5.41) is 27.3. The van der Waals surface area contributed by atoms with Crippen LogP contribution in [0.3, 0.4) is 0 Å². The first kappa shape index (κ1) is 33.9. The number of carbonyl (C=O) groups excluding carboxylic acids is 3. The highest BCUT2D eigenvalue weighted by Gasteiger charge is 2.30. The van der Waals surface area contributed by atoms with Gasteiger partial charge in [-0.05, 0) is 35.7 Å². The van der Waals surface area contributed by atoms with Gasteiger partial charge in [0.15, 0.2) is 0 Å². The number of nitrogens with one attached hydrogen (secondary N) is 4. The molecule has 3 amide bonds. The zero-order chi connectivity index (χ0) is 33.9. The molecule has 13 nitrogen and oxygen atoms in total. The van der Waals surface area contributed by atoms with E-state index in [1.165, 1.54) is 25.3 Å². The number of carbonyl (C=O) groups is 4. The third-order valence-electron chi connectivity index (χ3n) is 7.34. The van der Waals surface area contributed by atoms with E-state index in [0.29, 0.717) is 16.7 Å². The Morgan fingerprint density at radius 2 is 1.17 bits per heavy atom. The number of aromatic hydroxyl groups is 1. The maximum absolute atomic E-state index is 13.8. The number of hydrogen-bond donors (Lipinski definition) is 6. The molecule has 4 aromatic rings. The third kappa shape index (κ3) is 10.0. The van der Waals surface area contributed by atoms with Gasteiger partial charge in [0.1, 0.15) is 30.4 Å². The molecule has 0 aliphatic heterocycles. The largest absolute Gasteiger partial charge is 0.508 e.